The number of esters is 1. The van der Waals surface area contributed by atoms with Crippen LogP contribution in [-0.2, 0) is 29.0 Å². The van der Waals surface area contributed by atoms with Crippen LogP contribution in [0.5, 0.6) is 5.75 Å². The molecule has 3 aromatic rings. The number of fused-ring (bicyclic) bond motifs is 1. The largest absolute Gasteiger partial charge is 0.497 e. The first-order chi connectivity index (χ1) is 18.9. The lowest BCUT2D eigenvalue weighted by molar-refractivity contribution is -0.142. The van der Waals surface area contributed by atoms with Gasteiger partial charge in [0.05, 0.1) is 26.8 Å². The van der Waals surface area contributed by atoms with Gasteiger partial charge in [-0.3, -0.25) is 19.5 Å². The van der Waals surface area contributed by atoms with Gasteiger partial charge in [-0.15, -0.1) is 0 Å². The van der Waals surface area contributed by atoms with Gasteiger partial charge in [-0.25, -0.2) is 0 Å². The van der Waals surface area contributed by atoms with E-state index >= 15 is 0 Å². The van der Waals surface area contributed by atoms with Crippen molar-refractivity contribution in [2.45, 2.75) is 51.5 Å². The van der Waals surface area contributed by atoms with Crippen molar-refractivity contribution in [1.82, 2.24) is 14.7 Å². The van der Waals surface area contributed by atoms with Crippen molar-refractivity contribution in [2.24, 2.45) is 0 Å². The number of hydrogen-bond acceptors (Lipinski definition) is 6. The number of methoxy groups -OCH3 is 2. The smallest absolute Gasteiger partial charge is 0.319 e. The molecular weight excluding hydrogens is 486 g/mol. The second kappa shape index (κ2) is 12.3. The highest BCUT2D eigenvalue weighted by atomic mass is 16.5. The molecule has 1 saturated heterocycles. The second-order valence-corrected chi connectivity index (χ2v) is 11.1. The number of piperazine rings is 1. The summed E-state index contributed by atoms with van der Waals surface area (Å²) in [7, 11) is 3.19. The maximum absolute atomic E-state index is 11.9. The molecular formula is C33H41N3O3. The summed E-state index contributed by atoms with van der Waals surface area (Å²) in [5, 5.41) is 0. The Kier molecular flexibility index (Phi) is 8.66. The van der Waals surface area contributed by atoms with E-state index in [2.05, 4.69) is 95.3 Å². The lowest BCUT2D eigenvalue weighted by Gasteiger charge is -2.48. The van der Waals surface area contributed by atoms with Crippen LogP contribution >= 0.6 is 0 Å². The van der Waals surface area contributed by atoms with E-state index in [-0.39, 0.29) is 12.0 Å². The first kappa shape index (κ1) is 27.4. The van der Waals surface area contributed by atoms with Crippen molar-refractivity contribution in [3.8, 4) is 5.75 Å². The summed E-state index contributed by atoms with van der Waals surface area (Å²) in [6.45, 7) is 9.63. The molecule has 3 aromatic carbocycles. The predicted molar refractivity (Wildman–Crippen MR) is 155 cm³/mol. The molecule has 0 aliphatic carbocycles. The van der Waals surface area contributed by atoms with Crippen LogP contribution in [0.3, 0.4) is 0 Å². The summed E-state index contributed by atoms with van der Waals surface area (Å²) in [4.78, 5) is 19.4. The maximum atomic E-state index is 11.9. The Labute approximate surface area is 233 Å². The fourth-order valence-corrected chi connectivity index (χ4v) is 6.20. The molecule has 6 nitrogen and oxygen atoms in total. The lowest BCUT2D eigenvalue weighted by Crippen LogP contribution is -2.56. The molecule has 0 bridgehead atoms. The van der Waals surface area contributed by atoms with Crippen LogP contribution < -0.4 is 4.74 Å². The van der Waals surface area contributed by atoms with Crippen LogP contribution in [-0.4, -0.2) is 73.2 Å². The monoisotopic (exact) mass is 527 g/mol. The lowest BCUT2D eigenvalue weighted by atomic mass is 9.89. The molecule has 0 saturated carbocycles. The van der Waals surface area contributed by atoms with Gasteiger partial charge in [0.2, 0.25) is 0 Å². The van der Waals surface area contributed by atoms with Gasteiger partial charge in [0, 0.05) is 44.8 Å². The zero-order valence-electron chi connectivity index (χ0n) is 23.7. The summed E-state index contributed by atoms with van der Waals surface area (Å²) in [6, 6.07) is 27.2. The minimum absolute atomic E-state index is 0.109. The van der Waals surface area contributed by atoms with Crippen molar-refractivity contribution in [2.75, 3.05) is 40.4 Å². The van der Waals surface area contributed by atoms with Gasteiger partial charge in [0.25, 0.3) is 0 Å². The Hall–Kier alpha value is -3.19. The van der Waals surface area contributed by atoms with Crippen LogP contribution in [0, 0.1) is 0 Å². The topological polar surface area (TPSA) is 45.2 Å². The summed E-state index contributed by atoms with van der Waals surface area (Å²) < 4.78 is 10.6. The first-order valence-corrected chi connectivity index (χ1v) is 14.0. The van der Waals surface area contributed by atoms with E-state index < -0.39 is 0 Å². The van der Waals surface area contributed by atoms with Crippen molar-refractivity contribution < 1.29 is 14.3 Å². The highest BCUT2D eigenvalue weighted by Crippen LogP contribution is 2.36. The molecule has 0 N–H and O–H groups in total. The number of carbonyl (C=O) groups excluding carboxylic acids is 1. The fraction of sp³-hybridized carbons (Fsp3) is 0.424. The van der Waals surface area contributed by atoms with Gasteiger partial charge in [-0.05, 0) is 60.2 Å². The third-order valence-corrected chi connectivity index (χ3v) is 8.35. The predicted octanol–water partition coefficient (Wildman–Crippen LogP) is 4.91. The Morgan fingerprint density at radius 2 is 1.69 bits per heavy atom. The molecule has 0 aromatic heterocycles. The van der Waals surface area contributed by atoms with Crippen molar-refractivity contribution in [3.05, 3.63) is 101 Å². The summed E-state index contributed by atoms with van der Waals surface area (Å²) >= 11 is 0. The molecule has 2 heterocycles. The first-order valence-electron chi connectivity index (χ1n) is 14.0. The number of benzene rings is 3. The van der Waals surface area contributed by atoms with E-state index in [9.17, 15) is 4.79 Å². The number of ether oxygens (including phenoxy) is 2. The number of carbonyl (C=O) groups is 1. The maximum Gasteiger partial charge on any atom is 0.319 e. The molecule has 3 atom stereocenters. The molecule has 206 valence electrons. The van der Waals surface area contributed by atoms with Crippen LogP contribution in [0.4, 0.5) is 0 Å². The Morgan fingerprint density at radius 3 is 2.46 bits per heavy atom. The van der Waals surface area contributed by atoms with Crippen LogP contribution in [0.25, 0.3) is 0 Å². The molecule has 2 aliphatic heterocycles. The summed E-state index contributed by atoms with van der Waals surface area (Å²) in [6.07, 6.45) is 0.946. The van der Waals surface area contributed by atoms with Crippen molar-refractivity contribution in [1.29, 1.82) is 0 Å². The summed E-state index contributed by atoms with van der Waals surface area (Å²) in [5.41, 5.74) is 6.57. The van der Waals surface area contributed by atoms with Gasteiger partial charge < -0.3 is 9.47 Å². The zero-order chi connectivity index (χ0) is 27.4. The molecule has 5 rings (SSSR count). The third-order valence-electron chi connectivity index (χ3n) is 8.35. The standard InChI is InChI=1S/C33H41N3O3/c1-24-20-36(25(2)19-35(24)21-26-9-6-5-7-10-26)33(28-11-8-12-31(18-28)38-3)29-14-13-27-15-16-34(22-30(27)17-29)23-32(37)39-4/h5-14,17-18,24-25,33H,15-16,19-23H2,1-4H3/t24-,25+,33+/m1/s1. The highest BCUT2D eigenvalue weighted by Gasteiger charge is 2.35. The fourth-order valence-electron chi connectivity index (χ4n) is 6.20. The number of nitrogens with zero attached hydrogens (tertiary/aromatic N) is 3. The van der Waals surface area contributed by atoms with Gasteiger partial charge in [-0.2, -0.15) is 0 Å². The van der Waals surface area contributed by atoms with E-state index in [1.807, 2.05) is 6.07 Å². The van der Waals surface area contributed by atoms with Crippen LogP contribution in [0.1, 0.15) is 47.7 Å². The molecule has 2 aliphatic rings. The van der Waals surface area contributed by atoms with Gasteiger partial charge in [0.1, 0.15) is 5.75 Å². The molecule has 6 heteroatoms. The van der Waals surface area contributed by atoms with Gasteiger partial charge in [-0.1, -0.05) is 60.7 Å². The molecule has 1 fully saturated rings. The SMILES string of the molecule is COC(=O)CN1CCc2ccc([C@H](c3cccc(OC)c3)N3C[C@@H](C)N(Cc4ccccc4)C[C@@H]3C)cc2C1. The Bertz CT molecular complexity index is 1260. The molecule has 0 radical (unpaired) electrons. The quantitative estimate of drug-likeness (QED) is 0.388. The van der Waals surface area contributed by atoms with Crippen LogP contribution in [0.15, 0.2) is 72.8 Å². The minimum atomic E-state index is -0.181. The summed E-state index contributed by atoms with van der Waals surface area (Å²) in [5.74, 6) is 0.697. The van der Waals surface area contributed by atoms with Crippen molar-refractivity contribution in [3.63, 3.8) is 0 Å². The minimum Gasteiger partial charge on any atom is -0.497 e. The van der Waals surface area contributed by atoms with E-state index in [0.29, 0.717) is 18.6 Å². The van der Waals surface area contributed by atoms with Crippen LogP contribution in [0.2, 0.25) is 0 Å². The normalized spacial score (nSPS) is 21.2. The molecule has 0 unspecified atom stereocenters. The average molecular weight is 528 g/mol. The number of hydrogen-bond donors (Lipinski definition) is 0. The average Bonchev–Trinajstić information content (AvgIpc) is 2.96. The van der Waals surface area contributed by atoms with E-state index in [1.165, 1.54) is 34.9 Å². The Morgan fingerprint density at radius 1 is 0.897 bits per heavy atom. The van der Waals surface area contributed by atoms with E-state index in [4.69, 9.17) is 9.47 Å². The van der Waals surface area contributed by atoms with E-state index in [1.54, 1.807) is 7.11 Å². The second-order valence-electron chi connectivity index (χ2n) is 11.1. The molecule has 39 heavy (non-hydrogen) atoms. The van der Waals surface area contributed by atoms with Gasteiger partial charge >= 0.3 is 5.97 Å². The Balaban J connectivity index is 1.44. The zero-order valence-corrected chi connectivity index (χ0v) is 23.7. The molecule has 0 spiro atoms. The third kappa shape index (κ3) is 6.35. The van der Waals surface area contributed by atoms with Gasteiger partial charge in [0.15, 0.2) is 0 Å². The molecule has 0 amide bonds. The number of rotatable bonds is 8. The van der Waals surface area contributed by atoms with E-state index in [0.717, 1.165) is 44.9 Å². The highest BCUT2D eigenvalue weighted by molar-refractivity contribution is 5.71. The van der Waals surface area contributed by atoms with Crippen molar-refractivity contribution >= 4 is 5.97 Å².